The van der Waals surface area contributed by atoms with Gasteiger partial charge in [0.15, 0.2) is 0 Å². The second-order valence-electron chi connectivity index (χ2n) is 4.31. The third-order valence-electron chi connectivity index (χ3n) is 2.92. The van der Waals surface area contributed by atoms with Gasteiger partial charge in [0.1, 0.15) is 0 Å². The van der Waals surface area contributed by atoms with Gasteiger partial charge in [-0.3, -0.25) is 4.68 Å². The van der Waals surface area contributed by atoms with Gasteiger partial charge in [-0.05, 0) is 32.9 Å². The van der Waals surface area contributed by atoms with E-state index in [9.17, 15) is 0 Å². The standard InChI is InChI=1S/C10H18N4/c1-8-10(11)7-14(12-8)6-9-3-4-13(2)5-9/h7,9H,3-6,11H2,1-2H3. The van der Waals surface area contributed by atoms with Crippen molar-refractivity contribution < 1.29 is 0 Å². The molecule has 0 radical (unpaired) electrons. The summed E-state index contributed by atoms with van der Waals surface area (Å²) in [7, 11) is 2.17. The summed E-state index contributed by atoms with van der Waals surface area (Å²) < 4.78 is 1.98. The van der Waals surface area contributed by atoms with E-state index in [1.165, 1.54) is 19.5 Å². The fraction of sp³-hybridized carbons (Fsp3) is 0.700. The van der Waals surface area contributed by atoms with Gasteiger partial charge in [-0.15, -0.1) is 0 Å². The van der Waals surface area contributed by atoms with Crippen LogP contribution in [0.2, 0.25) is 0 Å². The highest BCUT2D eigenvalue weighted by Crippen LogP contribution is 2.17. The van der Waals surface area contributed by atoms with Gasteiger partial charge in [0, 0.05) is 19.3 Å². The Balaban J connectivity index is 1.97. The molecule has 0 aromatic carbocycles. The average molecular weight is 194 g/mol. The van der Waals surface area contributed by atoms with E-state index in [2.05, 4.69) is 17.0 Å². The van der Waals surface area contributed by atoms with E-state index in [0.29, 0.717) is 0 Å². The number of nitrogens with two attached hydrogens (primary N) is 1. The van der Waals surface area contributed by atoms with Gasteiger partial charge in [0.05, 0.1) is 11.4 Å². The molecule has 0 aliphatic carbocycles. The molecule has 1 saturated heterocycles. The molecule has 2 heterocycles. The number of nitrogen functional groups attached to an aromatic ring is 1. The minimum Gasteiger partial charge on any atom is -0.396 e. The molecule has 1 aromatic heterocycles. The smallest absolute Gasteiger partial charge is 0.0822 e. The SMILES string of the molecule is Cc1nn(CC2CCN(C)C2)cc1N. The number of likely N-dealkylation sites (tertiary alicyclic amines) is 1. The van der Waals surface area contributed by atoms with Crippen molar-refractivity contribution in [3.63, 3.8) is 0 Å². The van der Waals surface area contributed by atoms with Crippen LogP contribution in [0.3, 0.4) is 0 Å². The average Bonchev–Trinajstić information content (AvgIpc) is 2.62. The predicted octanol–water partition coefficient (Wildman–Crippen LogP) is 0.725. The fourth-order valence-corrected chi connectivity index (χ4v) is 2.07. The molecule has 4 heteroatoms. The summed E-state index contributed by atoms with van der Waals surface area (Å²) in [5.74, 6) is 0.735. The van der Waals surface area contributed by atoms with E-state index < -0.39 is 0 Å². The van der Waals surface area contributed by atoms with Crippen LogP contribution in [-0.2, 0) is 6.54 Å². The molecule has 2 rings (SSSR count). The maximum absolute atomic E-state index is 5.75. The summed E-state index contributed by atoms with van der Waals surface area (Å²) in [6.07, 6.45) is 3.21. The monoisotopic (exact) mass is 194 g/mol. The third kappa shape index (κ3) is 1.90. The van der Waals surface area contributed by atoms with E-state index in [-0.39, 0.29) is 0 Å². The Kier molecular flexibility index (Phi) is 2.46. The van der Waals surface area contributed by atoms with Crippen LogP contribution in [0.1, 0.15) is 12.1 Å². The fourth-order valence-electron chi connectivity index (χ4n) is 2.07. The predicted molar refractivity (Wildman–Crippen MR) is 57.0 cm³/mol. The number of hydrogen-bond acceptors (Lipinski definition) is 3. The molecule has 1 fully saturated rings. The first-order valence-corrected chi connectivity index (χ1v) is 5.13. The number of rotatable bonds is 2. The topological polar surface area (TPSA) is 47.1 Å². The van der Waals surface area contributed by atoms with Crippen LogP contribution >= 0.6 is 0 Å². The highest BCUT2D eigenvalue weighted by Gasteiger charge is 2.20. The van der Waals surface area contributed by atoms with Crippen molar-refractivity contribution in [2.45, 2.75) is 19.9 Å². The lowest BCUT2D eigenvalue weighted by Crippen LogP contribution is -2.17. The molecule has 2 N–H and O–H groups in total. The van der Waals surface area contributed by atoms with Crippen LogP contribution in [-0.4, -0.2) is 34.8 Å². The van der Waals surface area contributed by atoms with Gasteiger partial charge >= 0.3 is 0 Å². The zero-order valence-electron chi connectivity index (χ0n) is 8.90. The van der Waals surface area contributed by atoms with Gasteiger partial charge in [0.2, 0.25) is 0 Å². The van der Waals surface area contributed by atoms with Crippen molar-refractivity contribution in [3.05, 3.63) is 11.9 Å². The number of nitrogens with zero attached hydrogens (tertiary/aromatic N) is 3. The van der Waals surface area contributed by atoms with Crippen LogP contribution in [0.25, 0.3) is 0 Å². The first kappa shape index (κ1) is 9.52. The maximum Gasteiger partial charge on any atom is 0.0822 e. The minimum absolute atomic E-state index is 0.735. The van der Waals surface area contributed by atoms with E-state index in [1.807, 2.05) is 17.8 Å². The van der Waals surface area contributed by atoms with Crippen LogP contribution in [0.15, 0.2) is 6.20 Å². The van der Waals surface area contributed by atoms with E-state index in [4.69, 9.17) is 5.73 Å². The van der Waals surface area contributed by atoms with Gasteiger partial charge in [-0.1, -0.05) is 0 Å². The van der Waals surface area contributed by atoms with Crippen molar-refractivity contribution in [1.29, 1.82) is 0 Å². The highest BCUT2D eigenvalue weighted by molar-refractivity contribution is 5.39. The molecule has 0 amide bonds. The zero-order chi connectivity index (χ0) is 10.1. The van der Waals surface area contributed by atoms with Crippen molar-refractivity contribution in [1.82, 2.24) is 14.7 Å². The zero-order valence-corrected chi connectivity index (χ0v) is 8.90. The highest BCUT2D eigenvalue weighted by atomic mass is 15.3. The Morgan fingerprint density at radius 2 is 2.43 bits per heavy atom. The normalized spacial score (nSPS) is 23.1. The second kappa shape index (κ2) is 3.61. The molecule has 0 saturated carbocycles. The van der Waals surface area contributed by atoms with Crippen molar-refractivity contribution >= 4 is 5.69 Å². The molecule has 1 unspecified atom stereocenters. The molecule has 1 aliphatic heterocycles. The summed E-state index contributed by atoms with van der Waals surface area (Å²) in [5, 5.41) is 4.37. The Morgan fingerprint density at radius 3 is 2.93 bits per heavy atom. The second-order valence-corrected chi connectivity index (χ2v) is 4.31. The lowest BCUT2D eigenvalue weighted by Gasteiger charge is -2.09. The number of aryl methyl sites for hydroxylation is 1. The number of anilines is 1. The Bertz CT molecular complexity index is 298. The van der Waals surface area contributed by atoms with Gasteiger partial charge in [0.25, 0.3) is 0 Å². The quantitative estimate of drug-likeness (QED) is 0.755. The largest absolute Gasteiger partial charge is 0.396 e. The van der Waals surface area contributed by atoms with Gasteiger partial charge in [-0.25, -0.2) is 0 Å². The molecule has 14 heavy (non-hydrogen) atoms. The van der Waals surface area contributed by atoms with Crippen LogP contribution < -0.4 is 5.73 Å². The van der Waals surface area contributed by atoms with Crippen molar-refractivity contribution in [2.24, 2.45) is 5.92 Å². The van der Waals surface area contributed by atoms with E-state index >= 15 is 0 Å². The van der Waals surface area contributed by atoms with E-state index in [1.54, 1.807) is 0 Å². The van der Waals surface area contributed by atoms with Crippen molar-refractivity contribution in [3.8, 4) is 0 Å². The molecule has 0 bridgehead atoms. The first-order valence-electron chi connectivity index (χ1n) is 5.13. The molecule has 4 nitrogen and oxygen atoms in total. The molecule has 78 valence electrons. The molecular weight excluding hydrogens is 176 g/mol. The number of hydrogen-bond donors (Lipinski definition) is 1. The summed E-state index contributed by atoms with van der Waals surface area (Å²) in [6, 6.07) is 0. The maximum atomic E-state index is 5.75. The Hall–Kier alpha value is -1.03. The summed E-state index contributed by atoms with van der Waals surface area (Å²) in [5.41, 5.74) is 7.49. The van der Waals surface area contributed by atoms with Crippen LogP contribution in [0, 0.1) is 12.8 Å². The van der Waals surface area contributed by atoms with E-state index in [0.717, 1.165) is 23.8 Å². The Morgan fingerprint density at radius 1 is 1.64 bits per heavy atom. The molecular formula is C10H18N4. The third-order valence-corrected chi connectivity index (χ3v) is 2.92. The van der Waals surface area contributed by atoms with Gasteiger partial charge < -0.3 is 10.6 Å². The summed E-state index contributed by atoms with van der Waals surface area (Å²) in [4.78, 5) is 2.37. The van der Waals surface area contributed by atoms with Crippen LogP contribution in [0.5, 0.6) is 0 Å². The lowest BCUT2D eigenvalue weighted by atomic mass is 10.1. The van der Waals surface area contributed by atoms with Gasteiger partial charge in [-0.2, -0.15) is 5.10 Å². The molecule has 1 aliphatic rings. The molecule has 0 spiro atoms. The summed E-state index contributed by atoms with van der Waals surface area (Å²) >= 11 is 0. The first-order chi connectivity index (χ1) is 6.65. The summed E-state index contributed by atoms with van der Waals surface area (Å²) in [6.45, 7) is 5.34. The Labute approximate surface area is 84.7 Å². The van der Waals surface area contributed by atoms with Crippen LogP contribution in [0.4, 0.5) is 5.69 Å². The number of aromatic nitrogens is 2. The minimum atomic E-state index is 0.735. The van der Waals surface area contributed by atoms with Crippen molar-refractivity contribution in [2.75, 3.05) is 25.9 Å². The molecule has 1 atom stereocenters. The molecule has 1 aromatic rings. The lowest BCUT2D eigenvalue weighted by molar-refractivity contribution is 0.369.